The predicted octanol–water partition coefficient (Wildman–Crippen LogP) is 3.23. The van der Waals surface area contributed by atoms with Gasteiger partial charge in [0.25, 0.3) is 0 Å². The molecule has 3 N–H and O–H groups in total. The van der Waals surface area contributed by atoms with Crippen molar-refractivity contribution >= 4 is 5.84 Å². The van der Waals surface area contributed by atoms with Gasteiger partial charge in [-0.05, 0) is 24.8 Å². The Kier molecular flexibility index (Phi) is 7.72. The fraction of sp³-hybridized carbons (Fsp3) is 0.688. The van der Waals surface area contributed by atoms with Crippen LogP contribution in [0.3, 0.4) is 0 Å². The molecule has 1 heterocycles. The molecular weight excluding hydrogens is 264 g/mol. The highest BCUT2D eigenvalue weighted by Crippen LogP contribution is 2.22. The summed E-state index contributed by atoms with van der Waals surface area (Å²) in [5.41, 5.74) is 8.23. The summed E-state index contributed by atoms with van der Waals surface area (Å²) in [5.74, 6) is 0.421. The molecule has 0 saturated heterocycles. The van der Waals surface area contributed by atoms with Crippen LogP contribution in [0.4, 0.5) is 0 Å². The molecule has 5 nitrogen and oxygen atoms in total. The lowest BCUT2D eigenvalue weighted by Crippen LogP contribution is -2.19. The number of amidine groups is 1. The van der Waals surface area contributed by atoms with E-state index in [0.717, 1.165) is 36.9 Å². The van der Waals surface area contributed by atoms with E-state index >= 15 is 0 Å². The Labute approximate surface area is 127 Å². The van der Waals surface area contributed by atoms with Gasteiger partial charge in [-0.2, -0.15) is 5.10 Å². The summed E-state index contributed by atoms with van der Waals surface area (Å²) in [5, 5.41) is 16.1. The van der Waals surface area contributed by atoms with Crippen molar-refractivity contribution < 1.29 is 4.74 Å². The second kappa shape index (κ2) is 9.32. The van der Waals surface area contributed by atoms with Gasteiger partial charge in [0.2, 0.25) is 5.88 Å². The molecule has 118 valence electrons. The van der Waals surface area contributed by atoms with Gasteiger partial charge in [-0.25, -0.2) is 0 Å². The number of ether oxygens (including phenoxy) is 1. The van der Waals surface area contributed by atoms with Crippen molar-refractivity contribution in [2.24, 2.45) is 5.73 Å². The zero-order valence-electron chi connectivity index (χ0n) is 13.5. The zero-order valence-corrected chi connectivity index (χ0v) is 13.5. The molecule has 1 aromatic heterocycles. The molecule has 0 aromatic carbocycles. The highest BCUT2D eigenvalue weighted by atomic mass is 16.5. The summed E-state index contributed by atoms with van der Waals surface area (Å²) in [6.45, 7) is 6.87. The van der Waals surface area contributed by atoms with Crippen molar-refractivity contribution in [3.63, 3.8) is 0 Å². The van der Waals surface area contributed by atoms with Crippen LogP contribution in [0.5, 0.6) is 5.88 Å². The summed E-state index contributed by atoms with van der Waals surface area (Å²) >= 11 is 0. The largest absolute Gasteiger partial charge is 0.476 e. The average molecular weight is 292 g/mol. The summed E-state index contributed by atoms with van der Waals surface area (Å²) in [4.78, 5) is 0. The third kappa shape index (κ3) is 4.99. The van der Waals surface area contributed by atoms with Gasteiger partial charge in [0, 0.05) is 0 Å². The van der Waals surface area contributed by atoms with E-state index < -0.39 is 0 Å². The molecule has 0 amide bonds. The molecule has 0 unspecified atom stereocenters. The molecule has 5 heteroatoms. The number of hydrogen-bond acceptors (Lipinski definition) is 4. The van der Waals surface area contributed by atoms with Crippen LogP contribution in [-0.4, -0.2) is 22.6 Å². The van der Waals surface area contributed by atoms with Crippen molar-refractivity contribution in [1.82, 2.24) is 10.2 Å². The molecule has 1 aromatic rings. The van der Waals surface area contributed by atoms with E-state index in [1.54, 1.807) is 0 Å². The Morgan fingerprint density at radius 3 is 2.33 bits per heavy atom. The SMILES string of the molecule is CCCCCCCOc1nnc(CC)c(CC)c1C(=N)N. The van der Waals surface area contributed by atoms with E-state index in [1.807, 2.05) is 13.8 Å². The van der Waals surface area contributed by atoms with Gasteiger partial charge in [0.1, 0.15) is 5.84 Å². The maximum absolute atomic E-state index is 7.79. The van der Waals surface area contributed by atoms with E-state index in [0.29, 0.717) is 18.1 Å². The number of aryl methyl sites for hydroxylation is 1. The number of nitrogens with two attached hydrogens (primary N) is 1. The van der Waals surface area contributed by atoms with E-state index in [4.69, 9.17) is 15.9 Å². The molecule has 0 bridgehead atoms. The predicted molar refractivity (Wildman–Crippen MR) is 86.1 cm³/mol. The van der Waals surface area contributed by atoms with Crippen molar-refractivity contribution in [1.29, 1.82) is 5.41 Å². The van der Waals surface area contributed by atoms with Crippen LogP contribution in [-0.2, 0) is 12.8 Å². The number of rotatable bonds is 10. The Hall–Kier alpha value is -1.65. The normalized spacial score (nSPS) is 10.6. The molecule has 0 spiro atoms. The molecule has 1 rings (SSSR count). The molecule has 21 heavy (non-hydrogen) atoms. The highest BCUT2D eigenvalue weighted by molar-refractivity contribution is 5.98. The first-order chi connectivity index (χ1) is 10.2. The van der Waals surface area contributed by atoms with Crippen LogP contribution in [0.1, 0.15) is 69.7 Å². The van der Waals surface area contributed by atoms with Crippen LogP contribution < -0.4 is 10.5 Å². The zero-order chi connectivity index (χ0) is 15.7. The fourth-order valence-corrected chi connectivity index (χ4v) is 2.41. The van der Waals surface area contributed by atoms with Crippen LogP contribution >= 0.6 is 0 Å². The number of aromatic nitrogens is 2. The minimum Gasteiger partial charge on any atom is -0.476 e. The summed E-state index contributed by atoms with van der Waals surface area (Å²) < 4.78 is 5.73. The number of hydrogen-bond donors (Lipinski definition) is 2. The van der Waals surface area contributed by atoms with Gasteiger partial charge in [-0.3, -0.25) is 5.41 Å². The van der Waals surface area contributed by atoms with E-state index in [1.165, 1.54) is 19.3 Å². The quantitative estimate of drug-likeness (QED) is 0.394. The number of unbranched alkanes of at least 4 members (excludes halogenated alkanes) is 4. The van der Waals surface area contributed by atoms with Gasteiger partial charge in [0.15, 0.2) is 0 Å². The summed E-state index contributed by atoms with van der Waals surface area (Å²) in [7, 11) is 0. The lowest BCUT2D eigenvalue weighted by Gasteiger charge is -2.14. The van der Waals surface area contributed by atoms with Gasteiger partial charge in [0.05, 0.1) is 17.9 Å². The molecular formula is C16H28N4O. The van der Waals surface area contributed by atoms with Crippen LogP contribution in [0, 0.1) is 5.41 Å². The molecule has 0 atom stereocenters. The molecule has 0 fully saturated rings. The second-order valence-electron chi connectivity index (χ2n) is 5.19. The fourth-order valence-electron chi connectivity index (χ4n) is 2.41. The highest BCUT2D eigenvalue weighted by Gasteiger charge is 2.17. The molecule has 0 aliphatic heterocycles. The van der Waals surface area contributed by atoms with Crippen molar-refractivity contribution in [3.05, 3.63) is 16.8 Å². The van der Waals surface area contributed by atoms with Crippen molar-refractivity contribution in [2.45, 2.75) is 65.7 Å². The minimum absolute atomic E-state index is 0.0115. The van der Waals surface area contributed by atoms with Crippen LogP contribution in [0.2, 0.25) is 0 Å². The van der Waals surface area contributed by atoms with Gasteiger partial charge >= 0.3 is 0 Å². The van der Waals surface area contributed by atoms with Gasteiger partial charge in [-0.1, -0.05) is 46.5 Å². The Morgan fingerprint density at radius 1 is 1.05 bits per heavy atom. The maximum atomic E-state index is 7.79. The first kappa shape index (κ1) is 17.4. The lowest BCUT2D eigenvalue weighted by molar-refractivity contribution is 0.288. The topological polar surface area (TPSA) is 84.9 Å². The standard InChI is InChI=1S/C16H28N4O/c1-4-7-8-9-10-11-21-16-14(15(17)18)12(5-2)13(6-3)19-20-16/h4-11H2,1-3H3,(H3,17,18). The van der Waals surface area contributed by atoms with Crippen molar-refractivity contribution in [3.8, 4) is 5.88 Å². The van der Waals surface area contributed by atoms with Crippen LogP contribution in [0.15, 0.2) is 0 Å². The first-order valence-corrected chi connectivity index (χ1v) is 8.01. The molecule has 0 aliphatic carbocycles. The lowest BCUT2D eigenvalue weighted by atomic mass is 10.0. The van der Waals surface area contributed by atoms with E-state index in [9.17, 15) is 0 Å². The smallest absolute Gasteiger partial charge is 0.244 e. The first-order valence-electron chi connectivity index (χ1n) is 8.01. The molecule has 0 saturated carbocycles. The number of nitrogens with one attached hydrogen (secondary N) is 1. The van der Waals surface area contributed by atoms with Gasteiger partial charge < -0.3 is 10.5 Å². The molecule has 0 radical (unpaired) electrons. The maximum Gasteiger partial charge on any atom is 0.244 e. The minimum atomic E-state index is 0.0115. The average Bonchev–Trinajstić information content (AvgIpc) is 2.49. The van der Waals surface area contributed by atoms with Crippen molar-refractivity contribution in [2.75, 3.05) is 6.61 Å². The van der Waals surface area contributed by atoms with E-state index in [2.05, 4.69) is 17.1 Å². The Balaban J connectivity index is 2.75. The van der Waals surface area contributed by atoms with E-state index in [-0.39, 0.29) is 5.84 Å². The number of nitrogens with zero attached hydrogens (tertiary/aromatic N) is 2. The second-order valence-corrected chi connectivity index (χ2v) is 5.19. The summed E-state index contributed by atoms with van der Waals surface area (Å²) in [6, 6.07) is 0. The Morgan fingerprint density at radius 2 is 1.76 bits per heavy atom. The monoisotopic (exact) mass is 292 g/mol. The third-order valence-electron chi connectivity index (χ3n) is 3.57. The van der Waals surface area contributed by atoms with Gasteiger partial charge in [-0.15, -0.1) is 5.10 Å². The van der Waals surface area contributed by atoms with Crippen LogP contribution in [0.25, 0.3) is 0 Å². The Bertz CT molecular complexity index is 460. The third-order valence-corrected chi connectivity index (χ3v) is 3.57. The molecule has 0 aliphatic rings. The summed E-state index contributed by atoms with van der Waals surface area (Å²) in [6.07, 6.45) is 7.46. The number of nitrogen functional groups attached to an aromatic ring is 1.